The third-order valence-corrected chi connectivity index (χ3v) is 7.61. The number of nitrogens with zero attached hydrogens (tertiary/aromatic N) is 1. The Bertz CT molecular complexity index is 1240. The fourth-order valence-electron chi connectivity index (χ4n) is 5.07. The fraction of sp³-hybridized carbons (Fsp3) is 0.667. The van der Waals surface area contributed by atoms with Gasteiger partial charge in [0.1, 0.15) is 6.04 Å². The summed E-state index contributed by atoms with van der Waals surface area (Å²) in [5.74, 6) is -2.17. The van der Waals surface area contributed by atoms with Gasteiger partial charge in [0.25, 0.3) is 11.8 Å². The predicted molar refractivity (Wildman–Crippen MR) is 190 cm³/mol. The molecule has 2 heterocycles. The molecule has 1 aromatic rings. The number of ether oxygens (including phenoxy) is 10. The van der Waals surface area contributed by atoms with E-state index in [0.717, 1.165) is 4.90 Å². The molecule has 1 saturated heterocycles. The molecule has 0 aliphatic carbocycles. The molecular formula is C36H55N3O14. The highest BCUT2D eigenvalue weighted by Crippen LogP contribution is 2.32. The molecule has 53 heavy (non-hydrogen) atoms. The van der Waals surface area contributed by atoms with E-state index in [9.17, 15) is 19.2 Å². The van der Waals surface area contributed by atoms with Gasteiger partial charge in [0.05, 0.1) is 143 Å². The number of imide groups is 2. The first-order valence-electron chi connectivity index (χ1n) is 18.0. The van der Waals surface area contributed by atoms with Crippen molar-refractivity contribution in [2.24, 2.45) is 0 Å². The van der Waals surface area contributed by atoms with Crippen LogP contribution in [0.1, 0.15) is 33.6 Å². The second kappa shape index (κ2) is 28.1. The molecule has 298 valence electrons. The lowest BCUT2D eigenvalue weighted by Gasteiger charge is -2.27. The molecule has 0 bridgehead atoms. The highest BCUT2D eigenvalue weighted by molar-refractivity contribution is 6.25. The van der Waals surface area contributed by atoms with Crippen molar-refractivity contribution in [3.05, 3.63) is 42.0 Å². The van der Waals surface area contributed by atoms with Gasteiger partial charge in [-0.3, -0.25) is 29.4 Å². The SMILES string of the molecule is C=CCOCCOCCOCCOCCOCCOCCOCCOCCOCCOCCNc1cccc2c1C(=O)N(C1CCC(=O)NC1=O)C2=O. The number of amides is 4. The minimum absolute atomic E-state index is 0.0660. The molecule has 17 heteroatoms. The molecule has 3 rings (SSSR count). The first kappa shape index (κ1) is 44.0. The van der Waals surface area contributed by atoms with Crippen LogP contribution in [-0.2, 0) is 57.0 Å². The largest absolute Gasteiger partial charge is 0.382 e. The van der Waals surface area contributed by atoms with E-state index in [1.54, 1.807) is 24.3 Å². The van der Waals surface area contributed by atoms with E-state index in [0.29, 0.717) is 144 Å². The number of rotatable bonds is 34. The maximum atomic E-state index is 13.1. The average Bonchev–Trinajstić information content (AvgIpc) is 3.41. The Labute approximate surface area is 310 Å². The third-order valence-electron chi connectivity index (χ3n) is 7.61. The summed E-state index contributed by atoms with van der Waals surface area (Å²) in [5.41, 5.74) is 0.908. The highest BCUT2D eigenvalue weighted by Gasteiger charge is 2.45. The lowest BCUT2D eigenvalue weighted by atomic mass is 10.0. The Morgan fingerprint density at radius 1 is 0.623 bits per heavy atom. The monoisotopic (exact) mass is 753 g/mol. The molecule has 17 nitrogen and oxygen atoms in total. The Morgan fingerprint density at radius 2 is 1.06 bits per heavy atom. The molecule has 2 aliphatic rings. The zero-order valence-corrected chi connectivity index (χ0v) is 30.5. The zero-order chi connectivity index (χ0) is 37.8. The van der Waals surface area contributed by atoms with E-state index >= 15 is 0 Å². The topological polar surface area (TPSA) is 188 Å². The van der Waals surface area contributed by atoms with Crippen LogP contribution >= 0.6 is 0 Å². The minimum atomic E-state index is -1.01. The van der Waals surface area contributed by atoms with Crippen LogP contribution in [0.25, 0.3) is 0 Å². The lowest BCUT2D eigenvalue weighted by molar-refractivity contribution is -0.136. The molecule has 1 aromatic carbocycles. The van der Waals surface area contributed by atoms with Gasteiger partial charge in [0.15, 0.2) is 0 Å². The Morgan fingerprint density at radius 3 is 1.49 bits per heavy atom. The fourth-order valence-corrected chi connectivity index (χ4v) is 5.07. The number of carbonyl (C=O) groups is 4. The Hall–Kier alpha value is -3.36. The maximum absolute atomic E-state index is 13.1. The molecule has 1 atom stereocenters. The van der Waals surface area contributed by atoms with Gasteiger partial charge in [0.2, 0.25) is 11.8 Å². The van der Waals surface area contributed by atoms with Crippen molar-refractivity contribution in [2.45, 2.75) is 18.9 Å². The normalized spacial score (nSPS) is 15.6. The second-order valence-electron chi connectivity index (χ2n) is 11.5. The minimum Gasteiger partial charge on any atom is -0.382 e. The lowest BCUT2D eigenvalue weighted by Crippen LogP contribution is -2.54. The van der Waals surface area contributed by atoms with Gasteiger partial charge in [-0.2, -0.15) is 0 Å². The van der Waals surface area contributed by atoms with Crippen LogP contribution < -0.4 is 10.6 Å². The van der Waals surface area contributed by atoms with Gasteiger partial charge < -0.3 is 52.7 Å². The number of benzene rings is 1. The van der Waals surface area contributed by atoms with Crippen molar-refractivity contribution in [1.29, 1.82) is 0 Å². The van der Waals surface area contributed by atoms with Gasteiger partial charge in [-0.25, -0.2) is 0 Å². The van der Waals surface area contributed by atoms with E-state index in [4.69, 9.17) is 47.4 Å². The third kappa shape index (κ3) is 17.6. The first-order valence-corrected chi connectivity index (χ1v) is 18.0. The smallest absolute Gasteiger partial charge is 0.264 e. The van der Waals surface area contributed by atoms with Crippen molar-refractivity contribution in [1.82, 2.24) is 10.2 Å². The molecule has 1 unspecified atom stereocenters. The molecule has 0 radical (unpaired) electrons. The van der Waals surface area contributed by atoms with Crippen LogP contribution in [0.2, 0.25) is 0 Å². The number of fused-ring (bicyclic) bond motifs is 1. The summed E-state index contributed by atoms with van der Waals surface area (Å²) in [6.45, 7) is 13.3. The van der Waals surface area contributed by atoms with E-state index < -0.39 is 29.7 Å². The van der Waals surface area contributed by atoms with Crippen molar-refractivity contribution in [3.63, 3.8) is 0 Å². The first-order chi connectivity index (χ1) is 26.0. The summed E-state index contributed by atoms with van der Waals surface area (Å²) in [5, 5.41) is 5.33. The zero-order valence-electron chi connectivity index (χ0n) is 30.5. The van der Waals surface area contributed by atoms with Crippen LogP contribution in [0.5, 0.6) is 0 Å². The number of nitrogens with one attached hydrogen (secondary N) is 2. The summed E-state index contributed by atoms with van der Waals surface area (Å²) < 4.78 is 54.5. The number of anilines is 1. The van der Waals surface area contributed by atoms with Gasteiger partial charge in [-0.1, -0.05) is 12.1 Å². The highest BCUT2D eigenvalue weighted by atomic mass is 16.6. The van der Waals surface area contributed by atoms with Crippen LogP contribution in [0.15, 0.2) is 30.9 Å². The van der Waals surface area contributed by atoms with E-state index in [1.165, 1.54) is 0 Å². The Kier molecular flexibility index (Phi) is 23.4. The molecular weight excluding hydrogens is 698 g/mol. The van der Waals surface area contributed by atoms with Crippen LogP contribution in [0.4, 0.5) is 5.69 Å². The van der Waals surface area contributed by atoms with E-state index in [2.05, 4.69) is 17.2 Å². The number of carbonyl (C=O) groups excluding carboxylic acids is 4. The van der Waals surface area contributed by atoms with Crippen LogP contribution in [0.3, 0.4) is 0 Å². The maximum Gasteiger partial charge on any atom is 0.264 e. The van der Waals surface area contributed by atoms with Crippen molar-refractivity contribution >= 4 is 29.3 Å². The number of hydrogen-bond donors (Lipinski definition) is 2. The van der Waals surface area contributed by atoms with E-state index in [1.807, 2.05) is 0 Å². The standard InChI is InChI=1S/C36H55N3O14/c1-2-9-44-11-13-46-15-17-48-19-21-50-23-25-52-27-28-53-26-24-51-22-20-49-18-16-47-14-12-45-10-8-37-30-5-3-4-29-33(30)36(43)39(35(29)42)31-6-7-32(40)38-34(31)41/h2-5,31,37H,1,6-28H2,(H,38,40,41). The van der Waals surface area contributed by atoms with Gasteiger partial charge in [-0.05, 0) is 18.6 Å². The number of hydrogen-bond acceptors (Lipinski definition) is 15. The molecule has 0 spiro atoms. The quantitative estimate of drug-likeness (QED) is 0.0573. The predicted octanol–water partition coefficient (Wildman–Crippen LogP) is 0.852. The van der Waals surface area contributed by atoms with Crippen molar-refractivity contribution in [2.75, 3.05) is 144 Å². The summed E-state index contributed by atoms with van der Waals surface area (Å²) in [7, 11) is 0. The van der Waals surface area contributed by atoms with Crippen molar-refractivity contribution in [3.8, 4) is 0 Å². The van der Waals surface area contributed by atoms with Crippen molar-refractivity contribution < 1.29 is 66.5 Å². The van der Waals surface area contributed by atoms with Gasteiger partial charge in [-0.15, -0.1) is 6.58 Å². The molecule has 2 aliphatic heterocycles. The molecule has 1 fully saturated rings. The van der Waals surface area contributed by atoms with Gasteiger partial charge >= 0.3 is 0 Å². The molecule has 4 amide bonds. The molecule has 0 saturated carbocycles. The molecule has 2 N–H and O–H groups in total. The summed E-state index contributed by atoms with van der Waals surface area (Å²) in [6.07, 6.45) is 1.87. The molecule has 0 aromatic heterocycles. The second-order valence-corrected chi connectivity index (χ2v) is 11.5. The van der Waals surface area contributed by atoms with Crippen LogP contribution in [-0.4, -0.2) is 173 Å². The average molecular weight is 754 g/mol. The van der Waals surface area contributed by atoms with Gasteiger partial charge in [0, 0.05) is 18.7 Å². The Balaban J connectivity index is 1.03. The van der Waals surface area contributed by atoms with E-state index in [-0.39, 0.29) is 24.0 Å². The number of piperidine rings is 1. The summed E-state index contributed by atoms with van der Waals surface area (Å²) in [4.78, 5) is 50.8. The summed E-state index contributed by atoms with van der Waals surface area (Å²) in [6, 6.07) is 3.90. The van der Waals surface area contributed by atoms with Crippen LogP contribution in [0, 0.1) is 0 Å². The summed E-state index contributed by atoms with van der Waals surface area (Å²) >= 11 is 0.